The van der Waals surface area contributed by atoms with Gasteiger partial charge in [-0.2, -0.15) is 0 Å². The molecule has 0 aliphatic rings. The number of halogens is 1. The zero-order valence-electron chi connectivity index (χ0n) is 8.40. The first-order valence-electron chi connectivity index (χ1n) is 4.49. The summed E-state index contributed by atoms with van der Waals surface area (Å²) >= 11 is 5.75. The first-order chi connectivity index (χ1) is 7.61. The second-order valence-electron chi connectivity index (χ2n) is 3.19. The third-order valence-corrected chi connectivity index (χ3v) is 2.49. The number of carbonyl (C=O) groups is 1. The van der Waals surface area contributed by atoms with E-state index in [1.165, 1.54) is 6.07 Å². The minimum Gasteiger partial charge on any atom is -0.497 e. The van der Waals surface area contributed by atoms with E-state index in [0.29, 0.717) is 16.7 Å². The number of hydrogen-bond donors (Lipinski definition) is 1. The highest BCUT2D eigenvalue weighted by molar-refractivity contribution is 6.32. The van der Waals surface area contributed by atoms with Crippen molar-refractivity contribution < 1.29 is 14.6 Å². The van der Waals surface area contributed by atoms with Crippen LogP contribution in [0.1, 0.15) is 10.4 Å². The monoisotopic (exact) mass is 237 g/mol. The van der Waals surface area contributed by atoms with Gasteiger partial charge in [0.2, 0.25) is 0 Å². The molecule has 4 nitrogen and oxygen atoms in total. The summed E-state index contributed by atoms with van der Waals surface area (Å²) in [6.07, 6.45) is 0. The number of aromatic carboxylic acids is 1. The van der Waals surface area contributed by atoms with Gasteiger partial charge in [-0.15, -0.1) is 0 Å². The molecule has 0 fully saturated rings. The smallest absolute Gasteiger partial charge is 0.338 e. The van der Waals surface area contributed by atoms with Crippen LogP contribution in [-0.4, -0.2) is 23.2 Å². The van der Waals surface area contributed by atoms with Crippen LogP contribution < -0.4 is 4.74 Å². The highest BCUT2D eigenvalue weighted by Crippen LogP contribution is 2.24. The van der Waals surface area contributed by atoms with E-state index in [9.17, 15) is 4.79 Å². The summed E-state index contributed by atoms with van der Waals surface area (Å²) in [6, 6.07) is 6.67. The van der Waals surface area contributed by atoms with Crippen LogP contribution in [0.25, 0.3) is 10.9 Å². The van der Waals surface area contributed by atoms with Gasteiger partial charge in [-0.05, 0) is 24.3 Å². The molecule has 0 saturated carbocycles. The van der Waals surface area contributed by atoms with Gasteiger partial charge in [-0.25, -0.2) is 9.78 Å². The standard InChI is InChI=1S/C11H8ClNO3/c1-16-7-2-3-9-6(4-7)5-8(11(14)15)10(12)13-9/h2-5H,1H3,(H,14,15). The summed E-state index contributed by atoms with van der Waals surface area (Å²) in [7, 11) is 1.54. The van der Waals surface area contributed by atoms with Gasteiger partial charge in [0.15, 0.2) is 0 Å². The molecule has 0 saturated heterocycles. The molecule has 0 radical (unpaired) electrons. The fraction of sp³-hybridized carbons (Fsp3) is 0.0909. The number of rotatable bonds is 2. The lowest BCUT2D eigenvalue weighted by Gasteiger charge is -2.04. The summed E-state index contributed by atoms with van der Waals surface area (Å²) in [4.78, 5) is 14.9. The Kier molecular flexibility index (Phi) is 2.66. The second-order valence-corrected chi connectivity index (χ2v) is 3.55. The van der Waals surface area contributed by atoms with Crippen LogP contribution in [-0.2, 0) is 0 Å². The number of methoxy groups -OCH3 is 1. The third-order valence-electron chi connectivity index (χ3n) is 2.21. The predicted molar refractivity (Wildman–Crippen MR) is 60.3 cm³/mol. The van der Waals surface area contributed by atoms with Gasteiger partial charge in [-0.1, -0.05) is 11.6 Å². The Morgan fingerprint density at radius 3 is 2.81 bits per heavy atom. The van der Waals surface area contributed by atoms with Crippen molar-refractivity contribution in [2.75, 3.05) is 7.11 Å². The molecule has 2 rings (SSSR count). The Morgan fingerprint density at radius 1 is 1.44 bits per heavy atom. The van der Waals surface area contributed by atoms with Crippen LogP contribution >= 0.6 is 11.6 Å². The number of fused-ring (bicyclic) bond motifs is 1. The average Bonchev–Trinajstić information content (AvgIpc) is 2.27. The molecule has 0 amide bonds. The van der Waals surface area contributed by atoms with Crippen LogP contribution in [0.4, 0.5) is 0 Å². The van der Waals surface area contributed by atoms with Gasteiger partial charge in [0, 0.05) is 5.39 Å². The van der Waals surface area contributed by atoms with Gasteiger partial charge >= 0.3 is 5.97 Å². The molecule has 2 aromatic rings. The molecule has 1 aromatic carbocycles. The summed E-state index contributed by atoms with van der Waals surface area (Å²) in [5.74, 6) is -0.449. The normalized spacial score (nSPS) is 10.4. The molecule has 1 N–H and O–H groups in total. The lowest BCUT2D eigenvalue weighted by Crippen LogP contribution is -1.99. The van der Waals surface area contributed by atoms with Crippen molar-refractivity contribution in [1.29, 1.82) is 0 Å². The molecule has 0 unspecified atom stereocenters. The first kappa shape index (κ1) is 10.7. The van der Waals surface area contributed by atoms with Crippen molar-refractivity contribution in [2.45, 2.75) is 0 Å². The molecule has 1 aromatic heterocycles. The van der Waals surface area contributed by atoms with Crippen LogP contribution in [0.15, 0.2) is 24.3 Å². The Labute approximate surface area is 96.4 Å². The molecule has 0 aliphatic carbocycles. The van der Waals surface area contributed by atoms with Crippen molar-refractivity contribution in [1.82, 2.24) is 4.98 Å². The molecule has 0 bridgehead atoms. The van der Waals surface area contributed by atoms with Crippen molar-refractivity contribution >= 4 is 28.5 Å². The fourth-order valence-electron chi connectivity index (χ4n) is 1.41. The minimum atomic E-state index is -1.10. The minimum absolute atomic E-state index is 0.00910. The zero-order valence-corrected chi connectivity index (χ0v) is 9.15. The molecule has 16 heavy (non-hydrogen) atoms. The largest absolute Gasteiger partial charge is 0.497 e. The maximum absolute atomic E-state index is 10.9. The van der Waals surface area contributed by atoms with E-state index in [-0.39, 0.29) is 10.7 Å². The van der Waals surface area contributed by atoms with Gasteiger partial charge in [-0.3, -0.25) is 0 Å². The summed E-state index contributed by atoms with van der Waals surface area (Å²) < 4.78 is 5.04. The molecule has 0 spiro atoms. The van der Waals surface area contributed by atoms with Crippen molar-refractivity contribution in [3.8, 4) is 5.75 Å². The quantitative estimate of drug-likeness (QED) is 0.816. The Balaban J connectivity index is 2.70. The molecule has 5 heteroatoms. The molecule has 0 atom stereocenters. The number of benzene rings is 1. The van der Waals surface area contributed by atoms with Crippen molar-refractivity contribution in [2.24, 2.45) is 0 Å². The lowest BCUT2D eigenvalue weighted by atomic mass is 10.1. The van der Waals surface area contributed by atoms with Gasteiger partial charge in [0.25, 0.3) is 0 Å². The first-order valence-corrected chi connectivity index (χ1v) is 4.87. The Hall–Kier alpha value is -1.81. The van der Waals surface area contributed by atoms with Crippen LogP contribution in [0, 0.1) is 0 Å². The maximum Gasteiger partial charge on any atom is 0.338 e. The van der Waals surface area contributed by atoms with E-state index in [2.05, 4.69) is 4.98 Å². The number of hydrogen-bond acceptors (Lipinski definition) is 3. The number of ether oxygens (including phenoxy) is 1. The van der Waals surface area contributed by atoms with Gasteiger partial charge in [0.1, 0.15) is 10.9 Å². The summed E-state index contributed by atoms with van der Waals surface area (Å²) in [6.45, 7) is 0. The van der Waals surface area contributed by atoms with E-state index in [0.717, 1.165) is 0 Å². The predicted octanol–water partition coefficient (Wildman–Crippen LogP) is 2.59. The van der Waals surface area contributed by atoms with E-state index in [1.807, 2.05) is 0 Å². The highest BCUT2D eigenvalue weighted by Gasteiger charge is 2.11. The second kappa shape index (κ2) is 3.98. The number of pyridine rings is 1. The Bertz CT molecular complexity index is 568. The van der Waals surface area contributed by atoms with E-state index in [1.54, 1.807) is 25.3 Å². The third kappa shape index (κ3) is 1.79. The zero-order chi connectivity index (χ0) is 11.7. The summed E-state index contributed by atoms with van der Waals surface area (Å²) in [5.41, 5.74) is 0.623. The molecule has 0 aliphatic heterocycles. The topological polar surface area (TPSA) is 59.4 Å². The maximum atomic E-state index is 10.9. The highest BCUT2D eigenvalue weighted by atomic mass is 35.5. The Morgan fingerprint density at radius 2 is 2.19 bits per heavy atom. The van der Waals surface area contributed by atoms with E-state index in [4.69, 9.17) is 21.4 Å². The number of carboxylic acids is 1. The van der Waals surface area contributed by atoms with Crippen molar-refractivity contribution in [3.05, 3.63) is 35.0 Å². The SMILES string of the molecule is COc1ccc2nc(Cl)c(C(=O)O)cc2c1. The summed E-state index contributed by atoms with van der Waals surface area (Å²) in [5, 5.41) is 9.57. The lowest BCUT2D eigenvalue weighted by molar-refractivity contribution is 0.0697. The molecular weight excluding hydrogens is 230 g/mol. The number of nitrogens with zero attached hydrogens (tertiary/aromatic N) is 1. The molecular formula is C11H8ClNO3. The fourth-order valence-corrected chi connectivity index (χ4v) is 1.63. The van der Waals surface area contributed by atoms with Crippen LogP contribution in [0.3, 0.4) is 0 Å². The van der Waals surface area contributed by atoms with Gasteiger partial charge < -0.3 is 9.84 Å². The number of aromatic nitrogens is 1. The number of carboxylic acid groups (broad SMARTS) is 1. The molecule has 1 heterocycles. The van der Waals surface area contributed by atoms with Crippen molar-refractivity contribution in [3.63, 3.8) is 0 Å². The van der Waals surface area contributed by atoms with Crippen LogP contribution in [0.5, 0.6) is 5.75 Å². The molecule has 82 valence electrons. The van der Waals surface area contributed by atoms with Crippen LogP contribution in [0.2, 0.25) is 5.15 Å². The average molecular weight is 238 g/mol. The van der Waals surface area contributed by atoms with E-state index >= 15 is 0 Å². The van der Waals surface area contributed by atoms with Gasteiger partial charge in [0.05, 0.1) is 18.2 Å². The van der Waals surface area contributed by atoms with E-state index < -0.39 is 5.97 Å².